The Labute approximate surface area is 109 Å². The van der Waals surface area contributed by atoms with E-state index in [2.05, 4.69) is 49.9 Å². The molecule has 0 N–H and O–H groups in total. The average Bonchev–Trinajstić information content (AvgIpc) is 2.39. The van der Waals surface area contributed by atoms with Crippen molar-refractivity contribution in [1.82, 2.24) is 4.90 Å². The van der Waals surface area contributed by atoms with Gasteiger partial charge in [-0.05, 0) is 26.0 Å². The maximum Gasteiger partial charge on any atom is 0.319 e. The van der Waals surface area contributed by atoms with Gasteiger partial charge in [-0.1, -0.05) is 36.8 Å². The van der Waals surface area contributed by atoms with Crippen molar-refractivity contribution in [2.45, 2.75) is 32.2 Å². The van der Waals surface area contributed by atoms with Crippen molar-refractivity contribution in [2.75, 3.05) is 20.2 Å². The highest BCUT2D eigenvalue weighted by Gasteiger charge is 2.56. The summed E-state index contributed by atoms with van der Waals surface area (Å²) in [6, 6.07) is 8.41. The molecule has 0 radical (unpaired) electrons. The van der Waals surface area contributed by atoms with Crippen molar-refractivity contribution in [3.63, 3.8) is 0 Å². The molecule has 18 heavy (non-hydrogen) atoms. The normalized spacial score (nSPS) is 27.7. The van der Waals surface area contributed by atoms with Crippen LogP contribution in [0, 0.1) is 6.92 Å². The Kier molecular flexibility index (Phi) is 3.44. The lowest BCUT2D eigenvalue weighted by Crippen LogP contribution is -2.69. The molecule has 3 heteroatoms. The van der Waals surface area contributed by atoms with E-state index in [1.54, 1.807) is 0 Å². The molecule has 0 spiro atoms. The molecule has 0 amide bonds. The Bertz CT molecular complexity index is 440. The second-order valence-corrected chi connectivity index (χ2v) is 5.07. The summed E-state index contributed by atoms with van der Waals surface area (Å²) in [4.78, 5) is 14.5. The van der Waals surface area contributed by atoms with Gasteiger partial charge in [-0.3, -0.25) is 9.69 Å². The molecule has 0 bridgehead atoms. The van der Waals surface area contributed by atoms with Crippen LogP contribution in [-0.4, -0.2) is 37.1 Å². The van der Waals surface area contributed by atoms with E-state index in [0.717, 1.165) is 18.7 Å². The van der Waals surface area contributed by atoms with Gasteiger partial charge in [0.1, 0.15) is 5.41 Å². The molecule has 1 aliphatic heterocycles. The lowest BCUT2D eigenvalue weighted by Gasteiger charge is -2.54. The Hall–Kier alpha value is -1.35. The first-order valence-corrected chi connectivity index (χ1v) is 6.46. The zero-order valence-corrected chi connectivity index (χ0v) is 11.6. The third kappa shape index (κ3) is 1.74. The van der Waals surface area contributed by atoms with Crippen molar-refractivity contribution in [3.8, 4) is 0 Å². The maximum atomic E-state index is 12.2. The highest BCUT2D eigenvalue weighted by molar-refractivity contribution is 5.86. The molecule has 0 aliphatic carbocycles. The van der Waals surface area contributed by atoms with Crippen LogP contribution < -0.4 is 0 Å². The summed E-state index contributed by atoms with van der Waals surface area (Å²) in [6.07, 6.45) is 0. The lowest BCUT2D eigenvalue weighted by molar-refractivity contribution is -0.160. The van der Waals surface area contributed by atoms with Gasteiger partial charge in [-0.25, -0.2) is 0 Å². The Balaban J connectivity index is 2.39. The number of likely N-dealkylation sites (tertiary alicyclic amines) is 1. The van der Waals surface area contributed by atoms with Crippen LogP contribution in [0.3, 0.4) is 0 Å². The Morgan fingerprint density at radius 2 is 2.06 bits per heavy atom. The molecule has 1 saturated heterocycles. The van der Waals surface area contributed by atoms with Gasteiger partial charge in [0, 0.05) is 12.6 Å². The van der Waals surface area contributed by atoms with Gasteiger partial charge in [0.05, 0.1) is 7.11 Å². The number of benzene rings is 1. The fourth-order valence-electron chi connectivity index (χ4n) is 2.89. The number of ether oxygens (including phenoxy) is 1. The fourth-order valence-corrected chi connectivity index (χ4v) is 2.89. The second kappa shape index (κ2) is 4.73. The Morgan fingerprint density at radius 3 is 2.50 bits per heavy atom. The summed E-state index contributed by atoms with van der Waals surface area (Å²) in [5.41, 5.74) is 1.79. The van der Waals surface area contributed by atoms with Gasteiger partial charge in [0.15, 0.2) is 0 Å². The number of aryl methyl sites for hydroxylation is 1. The highest BCUT2D eigenvalue weighted by atomic mass is 16.5. The van der Waals surface area contributed by atoms with E-state index in [-0.39, 0.29) is 12.0 Å². The number of rotatable bonds is 3. The molecule has 1 heterocycles. The molecule has 1 aromatic carbocycles. The van der Waals surface area contributed by atoms with E-state index in [4.69, 9.17) is 4.74 Å². The first-order valence-electron chi connectivity index (χ1n) is 6.46. The number of hydrogen-bond donors (Lipinski definition) is 0. The molecule has 2 unspecified atom stereocenters. The third-order valence-electron chi connectivity index (χ3n) is 4.24. The van der Waals surface area contributed by atoms with Crippen LogP contribution in [0.4, 0.5) is 0 Å². The van der Waals surface area contributed by atoms with E-state index >= 15 is 0 Å². The van der Waals surface area contributed by atoms with Crippen molar-refractivity contribution >= 4 is 5.97 Å². The van der Waals surface area contributed by atoms with E-state index in [9.17, 15) is 4.79 Å². The molecule has 1 aliphatic rings. The van der Waals surface area contributed by atoms with Crippen LogP contribution in [0.25, 0.3) is 0 Å². The molecular formula is C15H21NO2. The van der Waals surface area contributed by atoms with Gasteiger partial charge in [-0.15, -0.1) is 0 Å². The molecule has 2 rings (SSSR count). The maximum absolute atomic E-state index is 12.2. The molecule has 98 valence electrons. The average molecular weight is 247 g/mol. The third-order valence-corrected chi connectivity index (χ3v) is 4.24. The quantitative estimate of drug-likeness (QED) is 0.766. The summed E-state index contributed by atoms with van der Waals surface area (Å²) >= 11 is 0. The standard InChI is InChI=1S/C15H21NO2/c1-5-16-10-15(12(16)3,14(17)18-4)13-8-6-11(2)7-9-13/h6-9,12H,5,10H2,1-4H3. The SMILES string of the molecule is CCN1CC(C(=O)OC)(c2ccc(C)cc2)C1C. The summed E-state index contributed by atoms with van der Waals surface area (Å²) in [5.74, 6) is -0.122. The van der Waals surface area contributed by atoms with Crippen LogP contribution in [0.15, 0.2) is 24.3 Å². The topological polar surface area (TPSA) is 29.5 Å². The zero-order chi connectivity index (χ0) is 13.3. The summed E-state index contributed by atoms with van der Waals surface area (Å²) in [5, 5.41) is 0. The van der Waals surface area contributed by atoms with Gasteiger partial charge in [0.25, 0.3) is 0 Å². The largest absolute Gasteiger partial charge is 0.468 e. The van der Waals surface area contributed by atoms with E-state index < -0.39 is 5.41 Å². The van der Waals surface area contributed by atoms with E-state index in [0.29, 0.717) is 0 Å². The van der Waals surface area contributed by atoms with Crippen LogP contribution in [0.2, 0.25) is 0 Å². The summed E-state index contributed by atoms with van der Waals surface area (Å²) < 4.78 is 5.04. The molecule has 0 aromatic heterocycles. The number of carbonyl (C=O) groups is 1. The molecule has 0 saturated carbocycles. The van der Waals surface area contributed by atoms with E-state index in [1.165, 1.54) is 12.7 Å². The van der Waals surface area contributed by atoms with Crippen LogP contribution in [0.1, 0.15) is 25.0 Å². The summed E-state index contributed by atoms with van der Waals surface area (Å²) in [7, 11) is 1.47. The monoisotopic (exact) mass is 247 g/mol. The van der Waals surface area contributed by atoms with Crippen LogP contribution >= 0.6 is 0 Å². The van der Waals surface area contributed by atoms with E-state index in [1.807, 2.05) is 0 Å². The second-order valence-electron chi connectivity index (χ2n) is 5.07. The molecular weight excluding hydrogens is 226 g/mol. The Morgan fingerprint density at radius 1 is 1.44 bits per heavy atom. The first-order chi connectivity index (χ1) is 8.56. The van der Waals surface area contributed by atoms with Crippen molar-refractivity contribution in [1.29, 1.82) is 0 Å². The van der Waals surface area contributed by atoms with Gasteiger partial charge in [0.2, 0.25) is 0 Å². The van der Waals surface area contributed by atoms with Crippen molar-refractivity contribution in [2.24, 2.45) is 0 Å². The van der Waals surface area contributed by atoms with Gasteiger partial charge < -0.3 is 4.74 Å². The number of carbonyl (C=O) groups excluding carboxylic acids is 1. The predicted molar refractivity (Wildman–Crippen MR) is 71.6 cm³/mol. The first kappa shape index (κ1) is 13.1. The summed E-state index contributed by atoms with van der Waals surface area (Å²) in [6.45, 7) is 7.99. The number of nitrogens with zero attached hydrogens (tertiary/aromatic N) is 1. The molecule has 3 nitrogen and oxygen atoms in total. The number of likely N-dealkylation sites (N-methyl/N-ethyl adjacent to an activating group) is 1. The highest BCUT2D eigenvalue weighted by Crippen LogP contribution is 2.41. The van der Waals surface area contributed by atoms with Crippen molar-refractivity contribution < 1.29 is 9.53 Å². The molecule has 1 fully saturated rings. The van der Waals surface area contributed by atoms with Crippen LogP contribution in [-0.2, 0) is 14.9 Å². The minimum absolute atomic E-state index is 0.122. The molecule has 2 atom stereocenters. The van der Waals surface area contributed by atoms with Crippen molar-refractivity contribution in [3.05, 3.63) is 35.4 Å². The fraction of sp³-hybridized carbons (Fsp3) is 0.533. The number of methoxy groups -OCH3 is 1. The minimum Gasteiger partial charge on any atom is -0.468 e. The van der Waals surface area contributed by atoms with Crippen LogP contribution in [0.5, 0.6) is 0 Å². The van der Waals surface area contributed by atoms with Gasteiger partial charge >= 0.3 is 5.97 Å². The number of hydrogen-bond acceptors (Lipinski definition) is 3. The lowest BCUT2D eigenvalue weighted by atomic mass is 9.67. The van der Waals surface area contributed by atoms with Gasteiger partial charge in [-0.2, -0.15) is 0 Å². The zero-order valence-electron chi connectivity index (χ0n) is 11.6. The smallest absolute Gasteiger partial charge is 0.319 e. The predicted octanol–water partition coefficient (Wildman–Crippen LogP) is 2.13. The number of esters is 1. The molecule has 1 aromatic rings. The minimum atomic E-state index is -0.488.